The van der Waals surface area contributed by atoms with E-state index in [0.717, 1.165) is 11.1 Å². The molecule has 2 amide bonds. The number of thioether (sulfide) groups is 1. The first-order chi connectivity index (χ1) is 15.2. The Morgan fingerprint density at radius 3 is 2.44 bits per heavy atom. The summed E-state index contributed by atoms with van der Waals surface area (Å²) in [5.74, 6) is -0.0512. The summed E-state index contributed by atoms with van der Waals surface area (Å²) in [4.78, 5) is 26.6. The van der Waals surface area contributed by atoms with E-state index in [9.17, 15) is 9.59 Å². The largest absolute Gasteiger partial charge is 0.466 e. The Balaban J connectivity index is 1.70. The first-order valence-electron chi connectivity index (χ1n) is 9.59. The highest BCUT2D eigenvalue weighted by Gasteiger charge is 2.36. The minimum absolute atomic E-state index is 0.136. The van der Waals surface area contributed by atoms with Crippen LogP contribution < -0.4 is 10.1 Å². The third-order valence-corrected chi connectivity index (χ3v) is 6.37. The van der Waals surface area contributed by atoms with Crippen LogP contribution in [0.25, 0.3) is 6.08 Å². The molecule has 1 fully saturated rings. The number of carbonyl (C=O) groups is 2. The Morgan fingerprint density at radius 1 is 1.19 bits per heavy atom. The summed E-state index contributed by atoms with van der Waals surface area (Å²) >= 11 is 24.4. The molecule has 3 rings (SSSR count). The number of benzene rings is 2. The van der Waals surface area contributed by atoms with Crippen LogP contribution in [-0.2, 0) is 16.1 Å². The normalized spacial score (nSPS) is 16.4. The number of hydrogen-bond acceptors (Lipinski definition) is 5. The van der Waals surface area contributed by atoms with Crippen LogP contribution in [0.1, 0.15) is 24.5 Å². The summed E-state index contributed by atoms with van der Waals surface area (Å²) in [6.07, 6.45) is 0.835. The number of alkyl halides is 3. The Morgan fingerprint density at radius 2 is 1.84 bits per heavy atom. The number of hydrogen-bond donors (Lipinski definition) is 1. The van der Waals surface area contributed by atoms with E-state index in [1.165, 1.54) is 11.8 Å². The van der Waals surface area contributed by atoms with Crippen molar-refractivity contribution in [2.24, 2.45) is 0 Å². The minimum atomic E-state index is -1.85. The van der Waals surface area contributed by atoms with Crippen molar-refractivity contribution in [2.75, 3.05) is 0 Å². The van der Waals surface area contributed by atoms with Gasteiger partial charge in [-0.1, -0.05) is 108 Å². The summed E-state index contributed by atoms with van der Waals surface area (Å²) in [5, 5.41) is 2.53. The van der Waals surface area contributed by atoms with E-state index < -0.39 is 10.0 Å². The fourth-order valence-corrected chi connectivity index (χ4v) is 4.31. The van der Waals surface area contributed by atoms with Gasteiger partial charge < -0.3 is 10.1 Å². The lowest BCUT2D eigenvalue weighted by molar-refractivity contribution is -0.123. The van der Waals surface area contributed by atoms with Crippen molar-refractivity contribution >= 4 is 81.0 Å². The van der Waals surface area contributed by atoms with Gasteiger partial charge in [0.05, 0.1) is 11.4 Å². The van der Waals surface area contributed by atoms with Gasteiger partial charge in [-0.05, 0) is 29.3 Å². The Bertz CT molecular complexity index is 1020. The number of thiocarbonyl (C=S) groups is 1. The van der Waals surface area contributed by atoms with Crippen molar-refractivity contribution in [1.29, 1.82) is 0 Å². The third-order valence-electron chi connectivity index (χ3n) is 4.40. The Labute approximate surface area is 211 Å². The quantitative estimate of drug-likeness (QED) is 0.216. The highest BCUT2D eigenvalue weighted by atomic mass is 35.6. The molecule has 1 aliphatic rings. The molecule has 0 unspecified atom stereocenters. The van der Waals surface area contributed by atoms with E-state index in [2.05, 4.69) is 5.32 Å². The molecular weight excluding hydrogens is 511 g/mol. The maximum atomic E-state index is 12.8. The average molecular weight is 530 g/mol. The van der Waals surface area contributed by atoms with Gasteiger partial charge in [-0.25, -0.2) is 0 Å². The van der Waals surface area contributed by atoms with Gasteiger partial charge in [0.15, 0.2) is 0 Å². The molecule has 5 nitrogen and oxygen atoms in total. The van der Waals surface area contributed by atoms with Crippen LogP contribution >= 0.6 is 58.8 Å². The van der Waals surface area contributed by atoms with Crippen LogP contribution in [0.4, 0.5) is 0 Å². The maximum Gasteiger partial charge on any atom is 0.266 e. The van der Waals surface area contributed by atoms with E-state index in [1.807, 2.05) is 30.3 Å². The molecule has 0 spiro atoms. The summed E-state index contributed by atoms with van der Waals surface area (Å²) < 4.78 is 4.31. The Kier molecular flexibility index (Phi) is 8.47. The van der Waals surface area contributed by atoms with E-state index in [0.29, 0.717) is 21.5 Å². The van der Waals surface area contributed by atoms with Crippen molar-refractivity contribution in [3.05, 3.63) is 70.6 Å². The molecule has 32 heavy (non-hydrogen) atoms. The molecule has 1 N–H and O–H groups in total. The molecule has 0 radical (unpaired) electrons. The van der Waals surface area contributed by atoms with Gasteiger partial charge >= 0.3 is 0 Å². The monoisotopic (exact) mass is 528 g/mol. The van der Waals surface area contributed by atoms with Crippen molar-refractivity contribution in [2.45, 2.75) is 29.9 Å². The second-order valence-electron chi connectivity index (χ2n) is 6.78. The van der Waals surface area contributed by atoms with Crippen LogP contribution in [0.3, 0.4) is 0 Å². The Hall–Kier alpha value is -1.77. The molecule has 1 atom stereocenters. The van der Waals surface area contributed by atoms with Crippen LogP contribution in [0, 0.1) is 0 Å². The fraction of sp³-hybridized carbons (Fsp3) is 0.227. The highest BCUT2D eigenvalue weighted by molar-refractivity contribution is 8.26. The molecule has 1 heterocycles. The number of ether oxygens (including phenoxy) is 1. The van der Waals surface area contributed by atoms with Crippen molar-refractivity contribution < 1.29 is 14.3 Å². The maximum absolute atomic E-state index is 12.8. The summed E-state index contributed by atoms with van der Waals surface area (Å²) in [6, 6.07) is 16.5. The lowest BCUT2D eigenvalue weighted by Gasteiger charge is -2.26. The second-order valence-corrected chi connectivity index (χ2v) is 10.8. The smallest absolute Gasteiger partial charge is 0.266 e. The summed E-state index contributed by atoms with van der Waals surface area (Å²) in [6.45, 7) is 2.11. The zero-order valence-corrected chi connectivity index (χ0v) is 20.8. The third kappa shape index (κ3) is 6.62. The van der Waals surface area contributed by atoms with Gasteiger partial charge in [0.2, 0.25) is 15.9 Å². The first kappa shape index (κ1) is 24.9. The molecule has 0 bridgehead atoms. The number of amides is 2. The molecule has 2 aromatic carbocycles. The van der Waals surface area contributed by atoms with Gasteiger partial charge in [0.25, 0.3) is 5.91 Å². The molecule has 0 aromatic heterocycles. The lowest BCUT2D eigenvalue weighted by Crippen LogP contribution is -2.47. The molecule has 2 aromatic rings. The number of halogens is 3. The number of carbonyl (C=O) groups excluding carboxylic acids is 2. The molecular formula is C22H19Cl3N2O3S2. The van der Waals surface area contributed by atoms with Crippen LogP contribution in [0.15, 0.2) is 59.5 Å². The van der Waals surface area contributed by atoms with E-state index in [4.69, 9.17) is 51.8 Å². The van der Waals surface area contributed by atoms with Gasteiger partial charge in [-0.3, -0.25) is 14.5 Å². The molecule has 1 aliphatic heterocycles. The number of rotatable bonds is 7. The second kappa shape index (κ2) is 10.9. The van der Waals surface area contributed by atoms with Gasteiger partial charge in [0.1, 0.15) is 10.1 Å². The average Bonchev–Trinajstić information content (AvgIpc) is 3.02. The molecule has 1 saturated heterocycles. The van der Waals surface area contributed by atoms with Crippen LogP contribution in [-0.4, -0.2) is 31.1 Å². The molecule has 0 saturated carbocycles. The predicted octanol–water partition coefficient (Wildman–Crippen LogP) is 5.69. The molecule has 0 aliphatic carbocycles. The van der Waals surface area contributed by atoms with E-state index in [-0.39, 0.29) is 18.2 Å². The minimum Gasteiger partial charge on any atom is -0.466 e. The van der Waals surface area contributed by atoms with Gasteiger partial charge in [-0.2, -0.15) is 0 Å². The van der Waals surface area contributed by atoms with Crippen molar-refractivity contribution in [3.8, 4) is 5.75 Å². The zero-order valence-electron chi connectivity index (χ0n) is 16.9. The van der Waals surface area contributed by atoms with Crippen LogP contribution in [0.5, 0.6) is 5.75 Å². The van der Waals surface area contributed by atoms with E-state index in [1.54, 1.807) is 42.2 Å². The predicted molar refractivity (Wildman–Crippen MR) is 135 cm³/mol. The molecule has 10 heteroatoms. The zero-order chi connectivity index (χ0) is 23.3. The van der Waals surface area contributed by atoms with Crippen molar-refractivity contribution in [3.63, 3.8) is 0 Å². The molecule has 168 valence electrons. The highest BCUT2D eigenvalue weighted by Crippen LogP contribution is 2.35. The standard InChI is InChI=1S/C22H19Cl3N2O3S2/c1-2-18(28)26-20(22(23,24)25)30-16-10-8-14(9-11-16)12-17-19(29)27(21(31)32-17)13-15-6-4-3-5-7-15/h3-12,20H,2,13H2,1H3,(H,26,28)/b17-12+/t20-/m0/s1. The fourth-order valence-electron chi connectivity index (χ4n) is 2.76. The van der Waals surface area contributed by atoms with Gasteiger partial charge in [0, 0.05) is 6.42 Å². The summed E-state index contributed by atoms with van der Waals surface area (Å²) in [5.41, 5.74) is 1.78. The van der Waals surface area contributed by atoms with E-state index >= 15 is 0 Å². The number of nitrogens with one attached hydrogen (secondary N) is 1. The first-order valence-corrected chi connectivity index (χ1v) is 12.0. The van der Waals surface area contributed by atoms with Crippen molar-refractivity contribution in [1.82, 2.24) is 10.2 Å². The lowest BCUT2D eigenvalue weighted by atomic mass is 10.2. The SMILES string of the molecule is CCC(=O)N[C@@H](Oc1ccc(/C=C2/SC(=S)N(Cc3ccccc3)C2=O)cc1)C(Cl)(Cl)Cl. The number of nitrogens with zero attached hydrogens (tertiary/aromatic N) is 1. The van der Waals surface area contributed by atoms with Gasteiger partial charge in [-0.15, -0.1) is 0 Å². The summed E-state index contributed by atoms with van der Waals surface area (Å²) in [7, 11) is 0. The topological polar surface area (TPSA) is 58.6 Å². The van der Waals surface area contributed by atoms with Crippen LogP contribution in [0.2, 0.25) is 0 Å².